The molecular weight excluding hydrogens is 314 g/mol. The molecule has 0 unspecified atom stereocenters. The van der Waals surface area contributed by atoms with Gasteiger partial charge in [0.25, 0.3) is 11.8 Å². The smallest absolute Gasteiger partial charge is 0.258 e. The number of anilines is 1. The van der Waals surface area contributed by atoms with Gasteiger partial charge < -0.3 is 0 Å². The van der Waals surface area contributed by atoms with Gasteiger partial charge in [0.15, 0.2) is 5.78 Å². The van der Waals surface area contributed by atoms with Crippen LogP contribution in [0.25, 0.3) is 0 Å². The van der Waals surface area contributed by atoms with Crippen LogP contribution < -0.4 is 4.90 Å². The summed E-state index contributed by atoms with van der Waals surface area (Å²) in [5, 5.41) is 0. The molecule has 0 saturated carbocycles. The molecule has 0 bridgehead atoms. The molecule has 0 aromatic heterocycles. The maximum atomic E-state index is 12.8. The topological polar surface area (TPSA) is 54.5 Å². The van der Waals surface area contributed by atoms with Crippen molar-refractivity contribution in [3.63, 3.8) is 0 Å². The van der Waals surface area contributed by atoms with Gasteiger partial charge in [-0.25, -0.2) is 4.90 Å². The molecule has 1 aliphatic heterocycles. The SMILES string of the molecule is CC(C)CCCCC(C)(C)C(=O)c1ccc(N2C(=O)C=CC2=O)cc1. The number of rotatable bonds is 8. The first-order valence-corrected chi connectivity index (χ1v) is 8.93. The van der Waals surface area contributed by atoms with Crippen LogP contribution in [0.1, 0.15) is 63.7 Å². The van der Waals surface area contributed by atoms with Crippen LogP contribution in [-0.2, 0) is 9.59 Å². The van der Waals surface area contributed by atoms with Crippen LogP contribution in [0.3, 0.4) is 0 Å². The first kappa shape index (κ1) is 19.1. The molecule has 0 aliphatic carbocycles. The largest absolute Gasteiger partial charge is 0.294 e. The zero-order valence-electron chi connectivity index (χ0n) is 15.5. The van der Waals surface area contributed by atoms with Gasteiger partial charge in [0.2, 0.25) is 0 Å². The third kappa shape index (κ3) is 4.65. The predicted molar refractivity (Wildman–Crippen MR) is 99.5 cm³/mol. The number of hydrogen-bond acceptors (Lipinski definition) is 3. The zero-order valence-corrected chi connectivity index (χ0v) is 15.5. The highest BCUT2D eigenvalue weighted by Crippen LogP contribution is 2.30. The molecule has 1 aromatic carbocycles. The third-order valence-corrected chi connectivity index (χ3v) is 4.64. The molecule has 4 nitrogen and oxygen atoms in total. The summed E-state index contributed by atoms with van der Waals surface area (Å²) in [5.41, 5.74) is 0.690. The van der Waals surface area contributed by atoms with E-state index < -0.39 is 5.41 Å². The maximum Gasteiger partial charge on any atom is 0.258 e. The number of ketones is 1. The fraction of sp³-hybridized carbons (Fsp3) is 0.476. The standard InChI is InChI=1S/C21H27NO3/c1-15(2)7-5-6-14-21(3,4)20(25)16-8-10-17(11-9-16)22-18(23)12-13-19(22)24/h8-13,15H,5-7,14H2,1-4H3. The van der Waals surface area contributed by atoms with Crippen molar-refractivity contribution < 1.29 is 14.4 Å². The van der Waals surface area contributed by atoms with Crippen LogP contribution in [0.5, 0.6) is 0 Å². The highest BCUT2D eigenvalue weighted by atomic mass is 16.2. The Morgan fingerprint density at radius 1 is 1.00 bits per heavy atom. The van der Waals surface area contributed by atoms with Gasteiger partial charge in [-0.3, -0.25) is 14.4 Å². The Balaban J connectivity index is 2.02. The second-order valence-corrected chi connectivity index (χ2v) is 7.74. The van der Waals surface area contributed by atoms with E-state index in [9.17, 15) is 14.4 Å². The molecule has 0 spiro atoms. The lowest BCUT2D eigenvalue weighted by Gasteiger charge is -2.23. The lowest BCUT2D eigenvalue weighted by molar-refractivity contribution is -0.119. The number of nitrogens with zero attached hydrogens (tertiary/aromatic N) is 1. The number of hydrogen-bond donors (Lipinski definition) is 0. The summed E-state index contributed by atoms with van der Waals surface area (Å²) in [5.74, 6) is 0.0850. The van der Waals surface area contributed by atoms with Gasteiger partial charge in [0, 0.05) is 23.1 Å². The number of benzene rings is 1. The number of carbonyl (C=O) groups is 3. The van der Waals surface area contributed by atoms with Gasteiger partial charge in [0.05, 0.1) is 5.69 Å². The molecule has 0 saturated heterocycles. The minimum atomic E-state index is -0.417. The first-order chi connectivity index (χ1) is 11.7. The van der Waals surface area contributed by atoms with Crippen LogP contribution in [0.15, 0.2) is 36.4 Å². The zero-order chi connectivity index (χ0) is 18.6. The number of Topliss-reactive ketones (excluding diaryl/α,β-unsaturated/α-hetero) is 1. The highest BCUT2D eigenvalue weighted by molar-refractivity contribution is 6.28. The molecule has 0 atom stereocenters. The van der Waals surface area contributed by atoms with Gasteiger partial charge >= 0.3 is 0 Å². The van der Waals surface area contributed by atoms with E-state index in [1.54, 1.807) is 24.3 Å². The summed E-state index contributed by atoms with van der Waals surface area (Å²) in [6.07, 6.45) is 6.72. The molecule has 25 heavy (non-hydrogen) atoms. The Bertz CT molecular complexity index is 666. The van der Waals surface area contributed by atoms with Crippen molar-refractivity contribution in [3.8, 4) is 0 Å². The normalized spacial score (nSPS) is 14.7. The number of imide groups is 1. The maximum absolute atomic E-state index is 12.8. The molecule has 1 aliphatic rings. The second-order valence-electron chi connectivity index (χ2n) is 7.74. The van der Waals surface area contributed by atoms with E-state index in [0.717, 1.165) is 24.2 Å². The molecule has 2 amide bonds. The Morgan fingerprint density at radius 2 is 1.56 bits per heavy atom. The van der Waals surface area contributed by atoms with Crippen LogP contribution in [0, 0.1) is 11.3 Å². The highest BCUT2D eigenvalue weighted by Gasteiger charge is 2.29. The Labute approximate surface area is 149 Å². The molecule has 2 rings (SSSR count). The van der Waals surface area contributed by atoms with Gasteiger partial charge in [-0.1, -0.05) is 47.0 Å². The summed E-state index contributed by atoms with van der Waals surface area (Å²) in [6.45, 7) is 8.39. The van der Waals surface area contributed by atoms with Gasteiger partial charge in [0.1, 0.15) is 0 Å². The number of amides is 2. The lowest BCUT2D eigenvalue weighted by Crippen LogP contribution is -2.29. The fourth-order valence-electron chi connectivity index (χ4n) is 3.04. The molecule has 4 heteroatoms. The van der Waals surface area contributed by atoms with Crippen molar-refractivity contribution in [2.75, 3.05) is 4.90 Å². The van der Waals surface area contributed by atoms with E-state index in [2.05, 4.69) is 13.8 Å². The summed E-state index contributed by atoms with van der Waals surface area (Å²) >= 11 is 0. The first-order valence-electron chi connectivity index (χ1n) is 8.93. The molecule has 1 aromatic rings. The second kappa shape index (κ2) is 7.77. The van der Waals surface area contributed by atoms with Gasteiger partial charge in [-0.2, -0.15) is 0 Å². The molecule has 1 heterocycles. The number of unbranched alkanes of at least 4 members (excludes halogenated alkanes) is 1. The molecule has 134 valence electrons. The van der Waals surface area contributed by atoms with Gasteiger partial charge in [-0.05, 0) is 36.6 Å². The molecule has 0 fully saturated rings. The van der Waals surface area contributed by atoms with Crippen LogP contribution >= 0.6 is 0 Å². The summed E-state index contributed by atoms with van der Waals surface area (Å²) < 4.78 is 0. The monoisotopic (exact) mass is 341 g/mol. The van der Waals surface area contributed by atoms with E-state index in [1.165, 1.54) is 18.6 Å². The quantitative estimate of drug-likeness (QED) is 0.396. The van der Waals surface area contributed by atoms with E-state index in [-0.39, 0.29) is 17.6 Å². The minimum absolute atomic E-state index is 0.0980. The van der Waals surface area contributed by atoms with E-state index >= 15 is 0 Å². The van der Waals surface area contributed by atoms with Crippen molar-refractivity contribution in [1.82, 2.24) is 0 Å². The summed E-state index contributed by atoms with van der Waals surface area (Å²) in [4.78, 5) is 37.3. The van der Waals surface area contributed by atoms with Crippen molar-refractivity contribution in [3.05, 3.63) is 42.0 Å². The Hall–Kier alpha value is -2.23. The van der Waals surface area contributed by atoms with Crippen LogP contribution in [0.4, 0.5) is 5.69 Å². The van der Waals surface area contributed by atoms with Crippen LogP contribution in [-0.4, -0.2) is 17.6 Å². The Morgan fingerprint density at radius 3 is 2.08 bits per heavy atom. The van der Waals surface area contributed by atoms with Crippen molar-refractivity contribution >= 4 is 23.3 Å². The minimum Gasteiger partial charge on any atom is -0.294 e. The van der Waals surface area contributed by atoms with Crippen molar-refractivity contribution in [1.29, 1.82) is 0 Å². The predicted octanol–water partition coefficient (Wildman–Crippen LogP) is 4.54. The van der Waals surface area contributed by atoms with Crippen molar-refractivity contribution in [2.24, 2.45) is 11.3 Å². The van der Waals surface area contributed by atoms with E-state index in [4.69, 9.17) is 0 Å². The fourth-order valence-corrected chi connectivity index (χ4v) is 3.04. The third-order valence-electron chi connectivity index (χ3n) is 4.64. The van der Waals surface area contributed by atoms with Crippen LogP contribution in [0.2, 0.25) is 0 Å². The average Bonchev–Trinajstić information content (AvgIpc) is 2.90. The average molecular weight is 341 g/mol. The van der Waals surface area contributed by atoms with E-state index in [0.29, 0.717) is 17.2 Å². The lowest BCUT2D eigenvalue weighted by atomic mass is 9.79. The molecule has 0 N–H and O–H groups in total. The van der Waals surface area contributed by atoms with Gasteiger partial charge in [-0.15, -0.1) is 0 Å². The molecular formula is C21H27NO3. The van der Waals surface area contributed by atoms with E-state index in [1.807, 2.05) is 13.8 Å². The Kier molecular flexibility index (Phi) is 5.93. The summed E-state index contributed by atoms with van der Waals surface area (Å²) in [6, 6.07) is 6.72. The summed E-state index contributed by atoms with van der Waals surface area (Å²) in [7, 11) is 0. The number of carbonyl (C=O) groups excluding carboxylic acids is 3. The molecule has 0 radical (unpaired) electrons. The van der Waals surface area contributed by atoms with Crippen molar-refractivity contribution in [2.45, 2.75) is 53.4 Å².